The summed E-state index contributed by atoms with van der Waals surface area (Å²) in [4.78, 5) is 15.7. The number of amides is 1. The lowest BCUT2D eigenvalue weighted by Crippen LogP contribution is -2.39. The Morgan fingerprint density at radius 2 is 1.72 bits per heavy atom. The average molecular weight is 527 g/mol. The summed E-state index contributed by atoms with van der Waals surface area (Å²) in [5.41, 5.74) is 0.703. The van der Waals surface area contributed by atoms with Gasteiger partial charge in [0.15, 0.2) is 5.96 Å². The molecule has 0 fully saturated rings. The van der Waals surface area contributed by atoms with E-state index in [1.165, 1.54) is 5.56 Å². The minimum atomic E-state index is -0.471. The number of alkyl carbamates (subject to hydrolysis) is 1. The Kier molecular flexibility index (Phi) is 11.8. The molecule has 0 atom stereocenters. The van der Waals surface area contributed by atoms with Crippen LogP contribution >= 0.6 is 39.9 Å². The number of nitrogens with zero attached hydrogens (tertiary/aromatic N) is 1. The quantitative estimate of drug-likeness (QED) is 0.229. The second-order valence-electron chi connectivity index (χ2n) is 6.26. The molecule has 0 aliphatic rings. The first-order chi connectivity index (χ1) is 11.3. The third-order valence-electron chi connectivity index (χ3n) is 2.91. The molecule has 3 N–H and O–H groups in total. The minimum Gasteiger partial charge on any atom is -0.444 e. The van der Waals surface area contributed by atoms with Crippen molar-refractivity contribution in [1.82, 2.24) is 16.0 Å². The van der Waals surface area contributed by atoms with E-state index in [1.54, 1.807) is 7.05 Å². The standard InChI is InChI=1S/C17H27BrN4O2.HI/c1-17(2,3)24-16(23)21-11-5-10-20-15(19-4)22-12-13-6-8-14(18)9-7-13;/h6-9H,5,10-12H2,1-4H3,(H,21,23)(H2,19,20,22);1H. The summed E-state index contributed by atoms with van der Waals surface area (Å²) in [6.45, 7) is 7.48. The number of hydrogen-bond donors (Lipinski definition) is 3. The highest BCUT2D eigenvalue weighted by Gasteiger charge is 2.15. The summed E-state index contributed by atoms with van der Waals surface area (Å²) in [5.74, 6) is 0.732. The third kappa shape index (κ3) is 12.0. The molecule has 0 radical (unpaired) electrons. The van der Waals surface area contributed by atoms with Crippen LogP contribution in [-0.2, 0) is 11.3 Å². The molecule has 25 heavy (non-hydrogen) atoms. The molecule has 142 valence electrons. The number of aliphatic imine (C=N–C) groups is 1. The summed E-state index contributed by atoms with van der Waals surface area (Å²) in [6.07, 6.45) is 0.387. The molecular weight excluding hydrogens is 499 g/mol. The molecule has 6 nitrogen and oxygen atoms in total. The number of hydrogen-bond acceptors (Lipinski definition) is 3. The number of rotatable bonds is 6. The maximum Gasteiger partial charge on any atom is 0.407 e. The predicted octanol–water partition coefficient (Wildman–Crippen LogP) is 3.65. The molecule has 8 heteroatoms. The number of carbonyl (C=O) groups is 1. The molecule has 1 amide bonds. The van der Waals surface area contributed by atoms with Crippen molar-refractivity contribution in [2.75, 3.05) is 20.1 Å². The monoisotopic (exact) mass is 526 g/mol. The van der Waals surface area contributed by atoms with Crippen LogP contribution in [-0.4, -0.2) is 37.8 Å². The molecule has 0 aromatic heterocycles. The molecule has 0 saturated heterocycles. The zero-order valence-electron chi connectivity index (χ0n) is 15.2. The highest BCUT2D eigenvalue weighted by atomic mass is 127. The van der Waals surface area contributed by atoms with Crippen LogP contribution in [0.25, 0.3) is 0 Å². The van der Waals surface area contributed by atoms with E-state index in [9.17, 15) is 4.79 Å². The fourth-order valence-corrected chi connectivity index (χ4v) is 2.07. The van der Waals surface area contributed by atoms with Gasteiger partial charge in [-0.3, -0.25) is 4.99 Å². The van der Waals surface area contributed by atoms with Crippen LogP contribution in [0.4, 0.5) is 4.79 Å². The second kappa shape index (κ2) is 12.3. The van der Waals surface area contributed by atoms with Gasteiger partial charge in [-0.2, -0.15) is 0 Å². The summed E-state index contributed by atoms with van der Waals surface area (Å²) >= 11 is 3.42. The van der Waals surface area contributed by atoms with Crippen molar-refractivity contribution >= 4 is 52.0 Å². The van der Waals surface area contributed by atoms with Gasteiger partial charge in [-0.25, -0.2) is 4.79 Å². The molecular formula is C17H28BrIN4O2. The van der Waals surface area contributed by atoms with E-state index in [1.807, 2.05) is 32.9 Å². The second-order valence-corrected chi connectivity index (χ2v) is 7.18. The van der Waals surface area contributed by atoms with Gasteiger partial charge in [0.2, 0.25) is 0 Å². The van der Waals surface area contributed by atoms with Crippen LogP contribution < -0.4 is 16.0 Å². The number of benzene rings is 1. The fourth-order valence-electron chi connectivity index (χ4n) is 1.81. The number of halogens is 2. The average Bonchev–Trinajstić information content (AvgIpc) is 2.50. The van der Waals surface area contributed by atoms with E-state index in [0.717, 1.165) is 16.9 Å². The Bertz CT molecular complexity index is 545. The number of carbonyl (C=O) groups excluding carboxylic acids is 1. The van der Waals surface area contributed by atoms with Crippen molar-refractivity contribution in [3.05, 3.63) is 34.3 Å². The van der Waals surface area contributed by atoms with Crippen molar-refractivity contribution < 1.29 is 9.53 Å². The molecule has 1 aromatic rings. The van der Waals surface area contributed by atoms with E-state index in [0.29, 0.717) is 19.6 Å². The maximum atomic E-state index is 11.5. The number of ether oxygens (including phenoxy) is 1. The first-order valence-electron chi connectivity index (χ1n) is 7.96. The lowest BCUT2D eigenvalue weighted by molar-refractivity contribution is 0.0527. The van der Waals surface area contributed by atoms with Gasteiger partial charge >= 0.3 is 6.09 Å². The highest BCUT2D eigenvalue weighted by molar-refractivity contribution is 14.0. The van der Waals surface area contributed by atoms with Gasteiger partial charge < -0.3 is 20.7 Å². The Hall–Kier alpha value is -1.03. The SMILES string of the molecule is CN=C(NCCCNC(=O)OC(C)(C)C)NCc1ccc(Br)cc1.I. The summed E-state index contributed by atoms with van der Waals surface area (Å²) < 4.78 is 6.23. The highest BCUT2D eigenvalue weighted by Crippen LogP contribution is 2.10. The van der Waals surface area contributed by atoms with Crippen molar-refractivity contribution in [2.24, 2.45) is 4.99 Å². The van der Waals surface area contributed by atoms with Gasteiger partial charge in [-0.05, 0) is 44.9 Å². The number of guanidine groups is 1. The molecule has 0 unspecified atom stereocenters. The molecule has 0 aliphatic carbocycles. The van der Waals surface area contributed by atoms with Crippen LogP contribution in [0.15, 0.2) is 33.7 Å². The zero-order chi connectivity index (χ0) is 18.0. The maximum absolute atomic E-state index is 11.5. The zero-order valence-corrected chi connectivity index (χ0v) is 19.1. The smallest absolute Gasteiger partial charge is 0.407 e. The van der Waals surface area contributed by atoms with Crippen molar-refractivity contribution in [3.63, 3.8) is 0 Å². The number of nitrogens with one attached hydrogen (secondary N) is 3. The third-order valence-corrected chi connectivity index (χ3v) is 3.44. The van der Waals surface area contributed by atoms with Gasteiger partial charge in [0.1, 0.15) is 5.60 Å². The molecule has 1 rings (SSSR count). The van der Waals surface area contributed by atoms with Crippen LogP contribution in [0.5, 0.6) is 0 Å². The van der Waals surface area contributed by atoms with Crippen LogP contribution in [0.1, 0.15) is 32.8 Å². The summed E-state index contributed by atoms with van der Waals surface area (Å²) in [7, 11) is 1.73. The Morgan fingerprint density at radius 3 is 2.28 bits per heavy atom. The molecule has 0 bridgehead atoms. The van der Waals surface area contributed by atoms with E-state index in [-0.39, 0.29) is 30.1 Å². The largest absolute Gasteiger partial charge is 0.444 e. The van der Waals surface area contributed by atoms with Crippen molar-refractivity contribution in [1.29, 1.82) is 0 Å². The van der Waals surface area contributed by atoms with Gasteiger partial charge in [0.25, 0.3) is 0 Å². The van der Waals surface area contributed by atoms with Gasteiger partial charge in [0.05, 0.1) is 0 Å². The van der Waals surface area contributed by atoms with Crippen LogP contribution in [0, 0.1) is 0 Å². The van der Waals surface area contributed by atoms with E-state index < -0.39 is 5.60 Å². The first kappa shape index (κ1) is 24.0. The Balaban J connectivity index is 0.00000576. The van der Waals surface area contributed by atoms with Gasteiger partial charge in [-0.15, -0.1) is 24.0 Å². The topological polar surface area (TPSA) is 74.8 Å². The molecule has 0 saturated carbocycles. The molecule has 1 aromatic carbocycles. The predicted molar refractivity (Wildman–Crippen MR) is 117 cm³/mol. The fraction of sp³-hybridized carbons (Fsp3) is 0.529. The van der Waals surface area contributed by atoms with Crippen molar-refractivity contribution in [3.8, 4) is 0 Å². The lowest BCUT2D eigenvalue weighted by atomic mass is 10.2. The molecule has 0 spiro atoms. The summed E-state index contributed by atoms with van der Waals surface area (Å²) in [5, 5.41) is 9.19. The van der Waals surface area contributed by atoms with E-state index in [4.69, 9.17) is 4.74 Å². The minimum absolute atomic E-state index is 0. The van der Waals surface area contributed by atoms with Crippen molar-refractivity contribution in [2.45, 2.75) is 39.3 Å². The first-order valence-corrected chi connectivity index (χ1v) is 8.75. The molecule has 0 aliphatic heterocycles. The van der Waals surface area contributed by atoms with Gasteiger partial charge in [-0.1, -0.05) is 28.1 Å². The molecule has 0 heterocycles. The van der Waals surface area contributed by atoms with E-state index in [2.05, 4.69) is 49.0 Å². The Labute approximate surface area is 175 Å². The van der Waals surface area contributed by atoms with Crippen LogP contribution in [0.2, 0.25) is 0 Å². The summed E-state index contributed by atoms with van der Waals surface area (Å²) in [6, 6.07) is 8.12. The van der Waals surface area contributed by atoms with Crippen LogP contribution in [0.3, 0.4) is 0 Å². The normalized spacial score (nSPS) is 11.3. The van der Waals surface area contributed by atoms with E-state index >= 15 is 0 Å². The Morgan fingerprint density at radius 1 is 1.12 bits per heavy atom. The lowest BCUT2D eigenvalue weighted by Gasteiger charge is -2.19. The van der Waals surface area contributed by atoms with Gasteiger partial charge in [0, 0.05) is 31.2 Å².